The van der Waals surface area contributed by atoms with Crippen molar-refractivity contribution >= 4 is 35.0 Å². The largest absolute Gasteiger partial charge is 0.338 e. The number of nitrogens with one attached hydrogen (secondary N) is 2. The predicted octanol–water partition coefficient (Wildman–Crippen LogP) is 3.56. The van der Waals surface area contributed by atoms with E-state index in [0.717, 1.165) is 27.6 Å². The first kappa shape index (κ1) is 17.6. The molecule has 0 radical (unpaired) electrons. The molecule has 0 bridgehead atoms. The Morgan fingerprint density at radius 1 is 1.21 bits per heavy atom. The molecule has 0 spiro atoms. The first-order valence-electron chi connectivity index (χ1n) is 7.41. The van der Waals surface area contributed by atoms with Crippen LogP contribution in [-0.2, 0) is 0 Å². The third kappa shape index (κ3) is 3.60. The molecule has 3 rings (SSSR count). The number of pyridine rings is 1. The van der Waals surface area contributed by atoms with Crippen molar-refractivity contribution in [3.63, 3.8) is 0 Å². The summed E-state index contributed by atoms with van der Waals surface area (Å²) in [5.74, 6) is 0.499. The summed E-state index contributed by atoms with van der Waals surface area (Å²) in [4.78, 5) is 16.0. The van der Waals surface area contributed by atoms with E-state index in [1.807, 2.05) is 44.2 Å². The monoisotopic (exact) mass is 343 g/mol. The van der Waals surface area contributed by atoms with Crippen LogP contribution in [0.25, 0.3) is 22.0 Å². The summed E-state index contributed by atoms with van der Waals surface area (Å²) in [6.45, 7) is 4.45. The number of nitrogens with zero attached hydrogens (tertiary/aromatic N) is 3. The van der Waals surface area contributed by atoms with Gasteiger partial charge in [0.05, 0.1) is 5.69 Å². The van der Waals surface area contributed by atoms with E-state index in [1.165, 1.54) is 0 Å². The van der Waals surface area contributed by atoms with E-state index in [4.69, 9.17) is 0 Å². The number of aryl methyl sites for hydroxylation is 1. The molecule has 2 aromatic heterocycles. The van der Waals surface area contributed by atoms with Crippen molar-refractivity contribution in [2.24, 2.45) is 0 Å². The average molecular weight is 344 g/mol. The Balaban J connectivity index is 0.00000208. The van der Waals surface area contributed by atoms with Gasteiger partial charge in [0, 0.05) is 29.9 Å². The van der Waals surface area contributed by atoms with Gasteiger partial charge >= 0.3 is 6.03 Å². The fourth-order valence-electron chi connectivity index (χ4n) is 2.44. The molecule has 0 saturated heterocycles. The third-order valence-electron chi connectivity index (χ3n) is 3.55. The van der Waals surface area contributed by atoms with Crippen molar-refractivity contribution < 1.29 is 4.79 Å². The Kier molecular flexibility index (Phi) is 5.65. The van der Waals surface area contributed by atoms with Crippen LogP contribution in [-0.4, -0.2) is 27.8 Å². The Morgan fingerprint density at radius 2 is 2.04 bits per heavy atom. The molecular formula is C17H18ClN5O. The zero-order valence-corrected chi connectivity index (χ0v) is 14.2. The molecule has 0 unspecified atom stereocenters. The number of carbonyl (C=O) groups excluding carboxylic acids is 1. The first-order valence-corrected chi connectivity index (χ1v) is 7.41. The lowest BCUT2D eigenvalue weighted by molar-refractivity contribution is 0.252. The van der Waals surface area contributed by atoms with Gasteiger partial charge in [0.2, 0.25) is 0 Å². The van der Waals surface area contributed by atoms with E-state index in [-0.39, 0.29) is 18.4 Å². The Morgan fingerprint density at radius 3 is 2.75 bits per heavy atom. The van der Waals surface area contributed by atoms with Gasteiger partial charge in [0.1, 0.15) is 5.82 Å². The Bertz CT molecular complexity index is 854. The highest BCUT2D eigenvalue weighted by Crippen LogP contribution is 2.30. The summed E-state index contributed by atoms with van der Waals surface area (Å²) in [5.41, 5.74) is 2.86. The molecule has 2 N–H and O–H groups in total. The Labute approximate surface area is 146 Å². The van der Waals surface area contributed by atoms with Gasteiger partial charge in [-0.3, -0.25) is 5.32 Å². The zero-order chi connectivity index (χ0) is 16.2. The van der Waals surface area contributed by atoms with Crippen molar-refractivity contribution in [2.45, 2.75) is 13.8 Å². The van der Waals surface area contributed by atoms with Crippen molar-refractivity contribution in [3.05, 3.63) is 48.3 Å². The minimum atomic E-state index is -0.270. The van der Waals surface area contributed by atoms with E-state index >= 15 is 0 Å². The number of hydrogen-bond acceptors (Lipinski definition) is 4. The minimum absolute atomic E-state index is 0. The number of aromatic nitrogens is 3. The van der Waals surface area contributed by atoms with E-state index in [2.05, 4.69) is 25.8 Å². The minimum Gasteiger partial charge on any atom is -0.338 e. The lowest BCUT2D eigenvalue weighted by Gasteiger charge is -2.10. The maximum atomic E-state index is 11.7. The molecule has 124 valence electrons. The summed E-state index contributed by atoms with van der Waals surface area (Å²) >= 11 is 0. The van der Waals surface area contributed by atoms with Gasteiger partial charge in [-0.1, -0.05) is 12.1 Å². The number of halogens is 1. The lowest BCUT2D eigenvalue weighted by Crippen LogP contribution is -2.28. The highest BCUT2D eigenvalue weighted by atomic mass is 35.5. The van der Waals surface area contributed by atoms with Crippen LogP contribution in [0.4, 0.5) is 10.6 Å². The van der Waals surface area contributed by atoms with Crippen LogP contribution in [0.15, 0.2) is 42.7 Å². The highest BCUT2D eigenvalue weighted by Gasteiger charge is 2.10. The van der Waals surface area contributed by atoms with Crippen molar-refractivity contribution in [1.29, 1.82) is 0 Å². The molecule has 1 aromatic carbocycles. The van der Waals surface area contributed by atoms with Crippen LogP contribution >= 0.6 is 12.4 Å². The second kappa shape index (κ2) is 7.70. The standard InChI is InChI=1S/C17H17N5O.ClH/c1-3-18-17(23)21-16-9-13-12(15-5-4-8-20-22-15)7-6-11(2)14(13)10-19-16;/h4-10H,3H2,1-2H3,(H2,18,19,21,23);1H. The van der Waals surface area contributed by atoms with E-state index in [0.29, 0.717) is 12.4 Å². The van der Waals surface area contributed by atoms with Gasteiger partial charge in [-0.2, -0.15) is 10.2 Å². The molecule has 2 heterocycles. The first-order chi connectivity index (χ1) is 11.2. The summed E-state index contributed by atoms with van der Waals surface area (Å²) in [7, 11) is 0. The highest BCUT2D eigenvalue weighted by molar-refractivity contribution is 6.00. The van der Waals surface area contributed by atoms with Gasteiger partial charge < -0.3 is 5.32 Å². The summed E-state index contributed by atoms with van der Waals surface area (Å²) in [5, 5.41) is 15.5. The summed E-state index contributed by atoms with van der Waals surface area (Å²) in [6.07, 6.45) is 3.41. The molecule has 6 nitrogen and oxygen atoms in total. The van der Waals surface area contributed by atoms with Crippen molar-refractivity contribution in [1.82, 2.24) is 20.5 Å². The summed E-state index contributed by atoms with van der Waals surface area (Å²) in [6, 6.07) is 9.40. The number of rotatable bonds is 3. The van der Waals surface area contributed by atoms with Crippen LogP contribution in [0.1, 0.15) is 12.5 Å². The smallest absolute Gasteiger partial charge is 0.320 e. The van der Waals surface area contributed by atoms with E-state index < -0.39 is 0 Å². The molecular weight excluding hydrogens is 326 g/mol. The zero-order valence-electron chi connectivity index (χ0n) is 13.4. The average Bonchev–Trinajstić information content (AvgIpc) is 2.56. The van der Waals surface area contributed by atoms with Crippen LogP contribution < -0.4 is 10.6 Å². The molecule has 2 amide bonds. The lowest BCUT2D eigenvalue weighted by atomic mass is 10.00. The van der Waals surface area contributed by atoms with E-state index in [9.17, 15) is 4.79 Å². The maximum Gasteiger partial charge on any atom is 0.320 e. The van der Waals surface area contributed by atoms with Crippen molar-refractivity contribution in [2.75, 3.05) is 11.9 Å². The fraction of sp³-hybridized carbons (Fsp3) is 0.176. The second-order valence-electron chi connectivity index (χ2n) is 5.14. The van der Waals surface area contributed by atoms with Crippen LogP contribution in [0.2, 0.25) is 0 Å². The number of carbonyl (C=O) groups is 1. The molecule has 7 heteroatoms. The SMILES string of the molecule is CCNC(=O)Nc1cc2c(-c3cccnn3)ccc(C)c2cn1.Cl. The molecule has 0 atom stereocenters. The van der Waals surface area contributed by atoms with Crippen LogP contribution in [0.3, 0.4) is 0 Å². The van der Waals surface area contributed by atoms with Gasteiger partial charge in [-0.15, -0.1) is 12.4 Å². The number of anilines is 1. The quantitative estimate of drug-likeness (QED) is 0.762. The van der Waals surface area contributed by atoms with Crippen molar-refractivity contribution in [3.8, 4) is 11.3 Å². The molecule has 0 aliphatic heterocycles. The normalized spacial score (nSPS) is 10.1. The summed E-state index contributed by atoms with van der Waals surface area (Å²) < 4.78 is 0. The number of urea groups is 1. The molecule has 3 aromatic rings. The molecule has 0 saturated carbocycles. The van der Waals surface area contributed by atoms with Crippen LogP contribution in [0, 0.1) is 6.92 Å². The number of fused-ring (bicyclic) bond motifs is 1. The fourth-order valence-corrected chi connectivity index (χ4v) is 2.44. The van der Waals surface area contributed by atoms with Crippen LogP contribution in [0.5, 0.6) is 0 Å². The molecule has 24 heavy (non-hydrogen) atoms. The van der Waals surface area contributed by atoms with Gasteiger partial charge in [-0.05, 0) is 43.0 Å². The predicted molar refractivity (Wildman–Crippen MR) is 97.4 cm³/mol. The number of benzene rings is 1. The van der Waals surface area contributed by atoms with Gasteiger partial charge in [0.25, 0.3) is 0 Å². The number of hydrogen-bond donors (Lipinski definition) is 2. The molecule has 0 aliphatic carbocycles. The number of amides is 2. The molecule has 0 aliphatic rings. The topological polar surface area (TPSA) is 79.8 Å². The third-order valence-corrected chi connectivity index (χ3v) is 3.55. The maximum absolute atomic E-state index is 11.7. The Hall–Kier alpha value is -2.73. The second-order valence-corrected chi connectivity index (χ2v) is 5.14. The van der Waals surface area contributed by atoms with Gasteiger partial charge in [0.15, 0.2) is 0 Å². The molecule has 0 fully saturated rings. The van der Waals surface area contributed by atoms with Gasteiger partial charge in [-0.25, -0.2) is 9.78 Å². The van der Waals surface area contributed by atoms with E-state index in [1.54, 1.807) is 12.4 Å².